The molecule has 146 valence electrons. The van der Waals surface area contributed by atoms with Crippen LogP contribution in [0, 0.1) is 6.92 Å². The number of aliphatic imine (C=N–C) groups is 1. The van der Waals surface area contributed by atoms with Crippen molar-refractivity contribution in [3.63, 3.8) is 0 Å². The van der Waals surface area contributed by atoms with Crippen LogP contribution < -0.4 is 16.0 Å². The molecule has 1 amide bonds. The normalized spacial score (nSPS) is 10.7. The average Bonchev–Trinajstić information content (AvgIpc) is 2.68. The summed E-state index contributed by atoms with van der Waals surface area (Å²) in [5.74, 6) is 0.640. The van der Waals surface area contributed by atoms with Gasteiger partial charge in [0.05, 0.1) is 0 Å². The fourth-order valence-electron chi connectivity index (χ4n) is 2.55. The summed E-state index contributed by atoms with van der Waals surface area (Å²) < 4.78 is 0. The molecule has 0 aliphatic rings. The number of amides is 1. The van der Waals surface area contributed by atoms with E-state index in [1.807, 2.05) is 18.2 Å². The molecular formula is C20H27IN4OS. The van der Waals surface area contributed by atoms with E-state index >= 15 is 0 Å². The largest absolute Gasteiger partial charge is 0.355 e. The highest BCUT2D eigenvalue weighted by Crippen LogP contribution is 2.21. The standard InChI is InChI=1S/C20H26N4OS.HI/c1-14-8-9-17(18(10-14)26-4)13-24-20(22-3)23-12-15-6-5-7-16(11-15)19(25)21-2;/h5-11H,12-13H2,1-4H3,(H,21,25)(H2,22,23,24);1H. The molecule has 5 nitrogen and oxygen atoms in total. The molecule has 2 aromatic rings. The molecule has 0 aliphatic carbocycles. The number of thioether (sulfide) groups is 1. The van der Waals surface area contributed by atoms with E-state index in [0.717, 1.165) is 11.5 Å². The van der Waals surface area contributed by atoms with Crippen molar-refractivity contribution < 1.29 is 4.79 Å². The molecule has 0 aliphatic heterocycles. The third-order valence-corrected chi connectivity index (χ3v) is 4.81. The van der Waals surface area contributed by atoms with Gasteiger partial charge in [-0.2, -0.15) is 0 Å². The predicted octanol–water partition coefficient (Wildman–Crippen LogP) is 3.56. The third-order valence-electron chi connectivity index (χ3n) is 3.99. The number of aryl methyl sites for hydroxylation is 1. The molecule has 3 N–H and O–H groups in total. The number of rotatable bonds is 6. The summed E-state index contributed by atoms with van der Waals surface area (Å²) >= 11 is 1.75. The van der Waals surface area contributed by atoms with Crippen molar-refractivity contribution in [1.29, 1.82) is 0 Å². The number of guanidine groups is 1. The van der Waals surface area contributed by atoms with Crippen molar-refractivity contribution in [2.24, 2.45) is 4.99 Å². The molecule has 0 radical (unpaired) electrons. The molecular weight excluding hydrogens is 471 g/mol. The van der Waals surface area contributed by atoms with E-state index in [9.17, 15) is 4.79 Å². The Morgan fingerprint density at radius 3 is 2.52 bits per heavy atom. The lowest BCUT2D eigenvalue weighted by atomic mass is 10.1. The van der Waals surface area contributed by atoms with Crippen LogP contribution in [0.25, 0.3) is 0 Å². The zero-order valence-electron chi connectivity index (χ0n) is 16.1. The first kappa shape index (κ1) is 23.3. The molecule has 0 unspecified atom stereocenters. The van der Waals surface area contributed by atoms with Gasteiger partial charge >= 0.3 is 0 Å². The quantitative estimate of drug-likeness (QED) is 0.247. The topological polar surface area (TPSA) is 65.5 Å². The average molecular weight is 498 g/mol. The van der Waals surface area contributed by atoms with Crippen molar-refractivity contribution in [1.82, 2.24) is 16.0 Å². The smallest absolute Gasteiger partial charge is 0.251 e. The van der Waals surface area contributed by atoms with Gasteiger partial charge < -0.3 is 16.0 Å². The van der Waals surface area contributed by atoms with Crippen molar-refractivity contribution in [3.05, 3.63) is 64.7 Å². The van der Waals surface area contributed by atoms with E-state index in [4.69, 9.17) is 0 Å². The van der Waals surface area contributed by atoms with E-state index < -0.39 is 0 Å². The van der Waals surface area contributed by atoms with Gasteiger partial charge in [-0.25, -0.2) is 0 Å². The Bertz CT molecular complexity index is 795. The third kappa shape index (κ3) is 7.06. The molecule has 2 aromatic carbocycles. The summed E-state index contributed by atoms with van der Waals surface area (Å²) in [7, 11) is 3.38. The first-order valence-electron chi connectivity index (χ1n) is 8.46. The van der Waals surface area contributed by atoms with Crippen LogP contribution in [0.1, 0.15) is 27.0 Å². The van der Waals surface area contributed by atoms with Crippen LogP contribution in [0.5, 0.6) is 0 Å². The predicted molar refractivity (Wildman–Crippen MR) is 125 cm³/mol. The fraction of sp³-hybridized carbons (Fsp3) is 0.300. The second-order valence-electron chi connectivity index (χ2n) is 5.87. The molecule has 0 fully saturated rings. The first-order chi connectivity index (χ1) is 12.6. The number of halogens is 1. The second-order valence-corrected chi connectivity index (χ2v) is 6.72. The molecule has 0 atom stereocenters. The van der Waals surface area contributed by atoms with E-state index in [0.29, 0.717) is 18.7 Å². The Morgan fingerprint density at radius 1 is 1.11 bits per heavy atom. The van der Waals surface area contributed by atoms with Crippen LogP contribution in [0.4, 0.5) is 0 Å². The van der Waals surface area contributed by atoms with E-state index in [1.54, 1.807) is 31.9 Å². The van der Waals surface area contributed by atoms with Crippen molar-refractivity contribution in [3.8, 4) is 0 Å². The van der Waals surface area contributed by atoms with Gasteiger partial charge in [-0.15, -0.1) is 35.7 Å². The highest BCUT2D eigenvalue weighted by Gasteiger charge is 2.06. The van der Waals surface area contributed by atoms with Gasteiger partial charge in [-0.05, 0) is 48.1 Å². The fourth-order valence-corrected chi connectivity index (χ4v) is 3.26. The van der Waals surface area contributed by atoms with Gasteiger partial charge in [0.1, 0.15) is 0 Å². The number of nitrogens with zero attached hydrogens (tertiary/aromatic N) is 1. The molecule has 0 spiro atoms. The lowest BCUT2D eigenvalue weighted by Crippen LogP contribution is -2.36. The minimum atomic E-state index is -0.0849. The lowest BCUT2D eigenvalue weighted by Gasteiger charge is -2.14. The first-order valence-corrected chi connectivity index (χ1v) is 9.69. The Morgan fingerprint density at radius 2 is 1.85 bits per heavy atom. The van der Waals surface area contributed by atoms with Gasteiger partial charge in [-0.1, -0.05) is 24.3 Å². The summed E-state index contributed by atoms with van der Waals surface area (Å²) in [5, 5.41) is 9.27. The highest BCUT2D eigenvalue weighted by molar-refractivity contribution is 14.0. The van der Waals surface area contributed by atoms with Crippen molar-refractivity contribution >= 4 is 47.6 Å². The van der Waals surface area contributed by atoms with E-state index in [2.05, 4.69) is 52.3 Å². The minimum Gasteiger partial charge on any atom is -0.355 e. The van der Waals surface area contributed by atoms with Crippen LogP contribution >= 0.6 is 35.7 Å². The number of hydrogen-bond donors (Lipinski definition) is 3. The number of nitrogens with one attached hydrogen (secondary N) is 3. The molecule has 0 saturated carbocycles. The molecule has 2 rings (SSSR count). The maximum atomic E-state index is 11.7. The van der Waals surface area contributed by atoms with Gasteiger partial charge in [-0.3, -0.25) is 9.79 Å². The van der Waals surface area contributed by atoms with Crippen LogP contribution in [0.2, 0.25) is 0 Å². The molecule has 0 heterocycles. The van der Waals surface area contributed by atoms with Gasteiger partial charge in [0.15, 0.2) is 5.96 Å². The summed E-state index contributed by atoms with van der Waals surface area (Å²) in [6.45, 7) is 3.40. The monoisotopic (exact) mass is 498 g/mol. The van der Waals surface area contributed by atoms with Crippen LogP contribution in [0.3, 0.4) is 0 Å². The van der Waals surface area contributed by atoms with E-state index in [-0.39, 0.29) is 29.9 Å². The number of carbonyl (C=O) groups is 1. The molecule has 0 aromatic heterocycles. The van der Waals surface area contributed by atoms with Crippen LogP contribution in [0.15, 0.2) is 52.4 Å². The molecule has 7 heteroatoms. The molecule has 0 bridgehead atoms. The van der Waals surface area contributed by atoms with Crippen LogP contribution in [-0.4, -0.2) is 32.2 Å². The zero-order valence-corrected chi connectivity index (χ0v) is 19.3. The maximum Gasteiger partial charge on any atom is 0.251 e. The number of benzene rings is 2. The zero-order chi connectivity index (χ0) is 18.9. The van der Waals surface area contributed by atoms with Gasteiger partial charge in [0.25, 0.3) is 5.91 Å². The minimum absolute atomic E-state index is 0. The molecule has 0 saturated heterocycles. The molecule has 27 heavy (non-hydrogen) atoms. The maximum absolute atomic E-state index is 11.7. The van der Waals surface area contributed by atoms with E-state index in [1.165, 1.54) is 16.0 Å². The SMILES string of the molecule is CN=C(NCc1cccc(C(=O)NC)c1)NCc1ccc(C)cc1SC.I. The lowest BCUT2D eigenvalue weighted by molar-refractivity contribution is 0.0963. The Balaban J connectivity index is 0.00000364. The summed E-state index contributed by atoms with van der Waals surface area (Å²) in [6.07, 6.45) is 2.09. The highest BCUT2D eigenvalue weighted by atomic mass is 127. The van der Waals surface area contributed by atoms with Crippen molar-refractivity contribution in [2.45, 2.75) is 24.9 Å². The summed E-state index contributed by atoms with van der Waals surface area (Å²) in [6, 6.07) is 14.0. The Labute approximate surface area is 182 Å². The summed E-state index contributed by atoms with van der Waals surface area (Å²) in [4.78, 5) is 17.3. The van der Waals surface area contributed by atoms with Gasteiger partial charge in [0.2, 0.25) is 0 Å². The van der Waals surface area contributed by atoms with Crippen molar-refractivity contribution in [2.75, 3.05) is 20.4 Å². The Kier molecular flexibility index (Phi) is 10.2. The number of hydrogen-bond acceptors (Lipinski definition) is 3. The van der Waals surface area contributed by atoms with Gasteiger partial charge in [0, 0.05) is 37.6 Å². The number of carbonyl (C=O) groups excluding carboxylic acids is 1. The van der Waals surface area contributed by atoms with Crippen LogP contribution in [-0.2, 0) is 13.1 Å². The summed E-state index contributed by atoms with van der Waals surface area (Å²) in [5.41, 5.74) is 4.18. The Hall–Kier alpha value is -1.74. The second kappa shape index (κ2) is 11.9.